The van der Waals surface area contributed by atoms with Gasteiger partial charge in [-0.2, -0.15) is 0 Å². The van der Waals surface area contributed by atoms with Crippen molar-refractivity contribution in [3.05, 3.63) is 0 Å². The van der Waals surface area contributed by atoms with E-state index in [1.807, 2.05) is 0 Å². The summed E-state index contributed by atoms with van der Waals surface area (Å²) in [7, 11) is 0. The standard InChI is InChI=1S/C7H13N3O2/c1-2-10(5-8)6(9)3-4-7(11)12/h5,8-9H,2-4H2,1H3,(H,11,12). The predicted octanol–water partition coefficient (Wildman–Crippen LogP) is 0.757. The van der Waals surface area contributed by atoms with E-state index in [4.69, 9.17) is 15.9 Å². The minimum atomic E-state index is -0.916. The Bertz CT molecular complexity index is 191. The molecular weight excluding hydrogens is 158 g/mol. The van der Waals surface area contributed by atoms with Crippen LogP contribution in [-0.4, -0.2) is 34.7 Å². The van der Waals surface area contributed by atoms with Gasteiger partial charge in [-0.1, -0.05) is 0 Å². The zero-order valence-corrected chi connectivity index (χ0v) is 7.00. The van der Waals surface area contributed by atoms with Crippen LogP contribution in [0.25, 0.3) is 0 Å². The molecule has 0 bridgehead atoms. The highest BCUT2D eigenvalue weighted by Crippen LogP contribution is 1.95. The first kappa shape index (κ1) is 10.6. The first-order valence-corrected chi connectivity index (χ1v) is 3.68. The summed E-state index contributed by atoms with van der Waals surface area (Å²) in [6.45, 7) is 2.34. The molecule has 68 valence electrons. The van der Waals surface area contributed by atoms with Gasteiger partial charge in [0.05, 0.1) is 12.8 Å². The van der Waals surface area contributed by atoms with E-state index in [-0.39, 0.29) is 18.7 Å². The van der Waals surface area contributed by atoms with Gasteiger partial charge >= 0.3 is 5.97 Å². The van der Waals surface area contributed by atoms with E-state index in [9.17, 15) is 4.79 Å². The first-order chi connectivity index (χ1) is 5.61. The number of carboxylic acid groups (broad SMARTS) is 1. The Labute approximate surface area is 71.0 Å². The monoisotopic (exact) mass is 171 g/mol. The molecule has 0 saturated carbocycles. The number of amidine groups is 1. The average Bonchev–Trinajstić information content (AvgIpc) is 2.03. The van der Waals surface area contributed by atoms with Crippen molar-refractivity contribution in [3.8, 4) is 0 Å². The molecule has 5 nitrogen and oxygen atoms in total. The second-order valence-electron chi connectivity index (χ2n) is 2.26. The van der Waals surface area contributed by atoms with Crippen molar-refractivity contribution in [1.29, 1.82) is 10.8 Å². The number of nitrogens with one attached hydrogen (secondary N) is 2. The molecule has 0 aromatic heterocycles. The van der Waals surface area contributed by atoms with Gasteiger partial charge in [0.15, 0.2) is 0 Å². The van der Waals surface area contributed by atoms with Crippen molar-refractivity contribution in [2.45, 2.75) is 19.8 Å². The molecule has 12 heavy (non-hydrogen) atoms. The topological polar surface area (TPSA) is 88.2 Å². The third kappa shape index (κ3) is 3.70. The van der Waals surface area contributed by atoms with Crippen molar-refractivity contribution >= 4 is 18.1 Å². The zero-order chi connectivity index (χ0) is 9.56. The summed E-state index contributed by atoms with van der Waals surface area (Å²) >= 11 is 0. The van der Waals surface area contributed by atoms with Crippen molar-refractivity contribution in [2.24, 2.45) is 0 Å². The smallest absolute Gasteiger partial charge is 0.303 e. The number of hydrogen-bond donors (Lipinski definition) is 3. The lowest BCUT2D eigenvalue weighted by Gasteiger charge is -2.16. The summed E-state index contributed by atoms with van der Waals surface area (Å²) < 4.78 is 0. The lowest BCUT2D eigenvalue weighted by molar-refractivity contribution is -0.136. The maximum Gasteiger partial charge on any atom is 0.303 e. The minimum Gasteiger partial charge on any atom is -0.481 e. The van der Waals surface area contributed by atoms with Crippen LogP contribution in [0, 0.1) is 10.8 Å². The first-order valence-electron chi connectivity index (χ1n) is 3.68. The van der Waals surface area contributed by atoms with E-state index < -0.39 is 5.97 Å². The van der Waals surface area contributed by atoms with E-state index in [1.165, 1.54) is 4.90 Å². The fourth-order valence-electron chi connectivity index (χ4n) is 0.729. The fraction of sp³-hybridized carbons (Fsp3) is 0.571. The maximum atomic E-state index is 10.1. The van der Waals surface area contributed by atoms with Gasteiger partial charge in [0, 0.05) is 13.0 Å². The van der Waals surface area contributed by atoms with E-state index >= 15 is 0 Å². The van der Waals surface area contributed by atoms with Gasteiger partial charge in [-0.25, -0.2) is 0 Å². The third-order valence-corrected chi connectivity index (χ3v) is 1.42. The Morgan fingerprint density at radius 2 is 2.17 bits per heavy atom. The molecule has 0 aromatic rings. The average molecular weight is 171 g/mol. The van der Waals surface area contributed by atoms with Crippen LogP contribution in [-0.2, 0) is 4.79 Å². The SMILES string of the molecule is CCN(C=N)C(=N)CCC(=O)O. The number of carbonyl (C=O) groups is 1. The molecule has 0 amide bonds. The van der Waals surface area contributed by atoms with Gasteiger partial charge in [0.1, 0.15) is 5.84 Å². The molecular formula is C7H13N3O2. The van der Waals surface area contributed by atoms with E-state index in [1.54, 1.807) is 6.92 Å². The molecule has 0 saturated heterocycles. The van der Waals surface area contributed by atoms with Gasteiger partial charge in [0.2, 0.25) is 0 Å². The molecule has 0 aromatic carbocycles. The molecule has 3 N–H and O–H groups in total. The van der Waals surface area contributed by atoms with Crippen LogP contribution in [0.5, 0.6) is 0 Å². The molecule has 0 rings (SSSR count). The molecule has 0 radical (unpaired) electrons. The summed E-state index contributed by atoms with van der Waals surface area (Å²) in [4.78, 5) is 11.5. The molecule has 0 atom stereocenters. The van der Waals surface area contributed by atoms with Gasteiger partial charge in [0.25, 0.3) is 0 Å². The van der Waals surface area contributed by atoms with Crippen molar-refractivity contribution in [1.82, 2.24) is 4.90 Å². The number of nitrogens with zero attached hydrogens (tertiary/aromatic N) is 1. The molecule has 0 fully saturated rings. The van der Waals surface area contributed by atoms with Gasteiger partial charge in [-0.15, -0.1) is 0 Å². The second-order valence-corrected chi connectivity index (χ2v) is 2.26. The predicted molar refractivity (Wildman–Crippen MR) is 45.8 cm³/mol. The van der Waals surface area contributed by atoms with E-state index in [2.05, 4.69) is 0 Å². The summed E-state index contributed by atoms with van der Waals surface area (Å²) in [5, 5.41) is 22.6. The van der Waals surface area contributed by atoms with Crippen molar-refractivity contribution in [2.75, 3.05) is 6.54 Å². The lowest BCUT2D eigenvalue weighted by atomic mass is 10.3. The molecule has 0 aliphatic heterocycles. The molecule has 0 heterocycles. The van der Waals surface area contributed by atoms with Gasteiger partial charge in [-0.05, 0) is 6.92 Å². The maximum absolute atomic E-state index is 10.1. The minimum absolute atomic E-state index is 0.0524. The highest BCUT2D eigenvalue weighted by Gasteiger charge is 2.06. The molecule has 0 aliphatic rings. The number of rotatable bonds is 5. The van der Waals surface area contributed by atoms with Gasteiger partial charge < -0.3 is 10.0 Å². The van der Waals surface area contributed by atoms with Crippen LogP contribution < -0.4 is 0 Å². The normalized spacial score (nSPS) is 9.08. The molecule has 0 unspecified atom stereocenters. The zero-order valence-electron chi connectivity index (χ0n) is 7.00. The highest BCUT2D eigenvalue weighted by molar-refractivity contribution is 5.90. The summed E-state index contributed by atoms with van der Waals surface area (Å²) in [6.07, 6.45) is 1.16. The Hall–Kier alpha value is -1.39. The van der Waals surface area contributed by atoms with Crippen LogP contribution in [0.2, 0.25) is 0 Å². The summed E-state index contributed by atoms with van der Waals surface area (Å²) in [6, 6.07) is 0. The molecule has 0 spiro atoms. The van der Waals surface area contributed by atoms with Crippen LogP contribution in [0.15, 0.2) is 0 Å². The van der Waals surface area contributed by atoms with E-state index in [0.29, 0.717) is 6.54 Å². The number of aliphatic carboxylic acids is 1. The Balaban J connectivity index is 3.85. The lowest BCUT2D eigenvalue weighted by Crippen LogP contribution is -2.28. The summed E-state index contributed by atoms with van der Waals surface area (Å²) in [5.41, 5.74) is 0. The highest BCUT2D eigenvalue weighted by atomic mass is 16.4. The van der Waals surface area contributed by atoms with Crippen LogP contribution in [0.3, 0.4) is 0 Å². The molecule has 0 aliphatic carbocycles. The van der Waals surface area contributed by atoms with E-state index in [0.717, 1.165) is 6.34 Å². The Morgan fingerprint density at radius 1 is 1.58 bits per heavy atom. The fourth-order valence-corrected chi connectivity index (χ4v) is 0.729. The van der Waals surface area contributed by atoms with Crippen LogP contribution >= 0.6 is 0 Å². The second kappa shape index (κ2) is 5.29. The molecule has 5 heteroatoms. The quantitative estimate of drug-likeness (QED) is 0.421. The Morgan fingerprint density at radius 3 is 2.50 bits per heavy atom. The van der Waals surface area contributed by atoms with Crippen LogP contribution in [0.4, 0.5) is 0 Å². The number of hydrogen-bond acceptors (Lipinski definition) is 3. The number of carboxylic acids is 1. The van der Waals surface area contributed by atoms with Crippen molar-refractivity contribution in [3.63, 3.8) is 0 Å². The van der Waals surface area contributed by atoms with Crippen molar-refractivity contribution < 1.29 is 9.90 Å². The Kier molecular flexibility index (Phi) is 4.67. The largest absolute Gasteiger partial charge is 0.481 e. The van der Waals surface area contributed by atoms with Crippen LogP contribution in [0.1, 0.15) is 19.8 Å². The van der Waals surface area contributed by atoms with Gasteiger partial charge in [-0.3, -0.25) is 15.6 Å². The third-order valence-electron chi connectivity index (χ3n) is 1.42. The summed E-state index contributed by atoms with van der Waals surface area (Å²) in [5.74, 6) is -0.740.